The Morgan fingerprint density at radius 2 is 2.40 bits per heavy atom. The predicted molar refractivity (Wildman–Crippen MR) is 59.6 cm³/mol. The van der Waals surface area contributed by atoms with Crippen LogP contribution in [-0.2, 0) is 4.74 Å². The van der Waals surface area contributed by atoms with Gasteiger partial charge in [0.2, 0.25) is 0 Å². The van der Waals surface area contributed by atoms with Gasteiger partial charge < -0.3 is 4.74 Å². The Kier molecular flexibility index (Phi) is 3.34. The second kappa shape index (κ2) is 4.73. The molecule has 15 heavy (non-hydrogen) atoms. The van der Waals surface area contributed by atoms with E-state index in [0.717, 1.165) is 19.8 Å². The fourth-order valence-corrected chi connectivity index (χ4v) is 2.10. The van der Waals surface area contributed by atoms with E-state index in [1.165, 1.54) is 5.56 Å². The van der Waals surface area contributed by atoms with Crippen molar-refractivity contribution in [2.24, 2.45) is 0 Å². The fourth-order valence-electron chi connectivity index (χ4n) is 2.10. The second-order valence-electron chi connectivity index (χ2n) is 4.21. The summed E-state index contributed by atoms with van der Waals surface area (Å²) in [6.07, 6.45) is 3.75. The van der Waals surface area contributed by atoms with Crippen LogP contribution in [0.5, 0.6) is 0 Å². The summed E-state index contributed by atoms with van der Waals surface area (Å²) < 4.78 is 5.55. The van der Waals surface area contributed by atoms with E-state index < -0.39 is 0 Å². The summed E-state index contributed by atoms with van der Waals surface area (Å²) in [5, 5.41) is 0. The van der Waals surface area contributed by atoms with Crippen molar-refractivity contribution in [3.63, 3.8) is 0 Å². The molecule has 1 aromatic rings. The Morgan fingerprint density at radius 3 is 3.07 bits per heavy atom. The van der Waals surface area contributed by atoms with Gasteiger partial charge >= 0.3 is 0 Å². The monoisotopic (exact) mass is 206 g/mol. The molecule has 3 heteroatoms. The van der Waals surface area contributed by atoms with Crippen molar-refractivity contribution >= 4 is 0 Å². The summed E-state index contributed by atoms with van der Waals surface area (Å²) in [7, 11) is 0. The number of ether oxygens (including phenoxy) is 1. The Hall–Kier alpha value is -0.930. The van der Waals surface area contributed by atoms with Crippen molar-refractivity contribution in [1.82, 2.24) is 9.88 Å². The number of hydrogen-bond donors (Lipinski definition) is 0. The van der Waals surface area contributed by atoms with E-state index in [2.05, 4.69) is 29.8 Å². The minimum absolute atomic E-state index is 0.368. The van der Waals surface area contributed by atoms with Gasteiger partial charge in [0.05, 0.1) is 19.3 Å². The molecule has 1 aromatic heterocycles. The van der Waals surface area contributed by atoms with E-state index in [-0.39, 0.29) is 0 Å². The molecule has 1 saturated heterocycles. The maximum absolute atomic E-state index is 5.55. The standard InChI is InChI=1S/C12H18N2O/c1-10(2)14-6-7-15-9-12(14)11-4-3-5-13-8-11/h3-5,8,10,12H,6-7,9H2,1-2H3. The maximum atomic E-state index is 5.55. The van der Waals surface area contributed by atoms with Crippen LogP contribution in [0.2, 0.25) is 0 Å². The molecule has 1 fully saturated rings. The van der Waals surface area contributed by atoms with Gasteiger partial charge in [0.25, 0.3) is 0 Å². The first-order valence-corrected chi connectivity index (χ1v) is 5.52. The molecule has 0 aromatic carbocycles. The van der Waals surface area contributed by atoms with Gasteiger partial charge in [0.15, 0.2) is 0 Å². The third-order valence-electron chi connectivity index (χ3n) is 2.90. The summed E-state index contributed by atoms with van der Waals surface area (Å²) in [6, 6.07) is 5.04. The highest BCUT2D eigenvalue weighted by molar-refractivity contribution is 5.15. The zero-order chi connectivity index (χ0) is 10.7. The summed E-state index contributed by atoms with van der Waals surface area (Å²) in [4.78, 5) is 6.64. The van der Waals surface area contributed by atoms with Gasteiger partial charge in [-0.15, -0.1) is 0 Å². The Labute approximate surface area is 91.1 Å². The van der Waals surface area contributed by atoms with Crippen molar-refractivity contribution < 1.29 is 4.74 Å². The van der Waals surface area contributed by atoms with Gasteiger partial charge in [-0.2, -0.15) is 0 Å². The highest BCUT2D eigenvalue weighted by atomic mass is 16.5. The average Bonchev–Trinajstić information content (AvgIpc) is 2.30. The van der Waals surface area contributed by atoms with Crippen molar-refractivity contribution in [2.45, 2.75) is 25.9 Å². The first-order chi connectivity index (χ1) is 7.29. The molecule has 0 spiro atoms. The SMILES string of the molecule is CC(C)N1CCOCC1c1cccnc1. The van der Waals surface area contributed by atoms with Gasteiger partial charge in [-0.05, 0) is 25.5 Å². The predicted octanol–water partition coefficient (Wildman–Crippen LogP) is 1.86. The lowest BCUT2D eigenvalue weighted by atomic mass is 10.1. The molecule has 0 radical (unpaired) electrons. The van der Waals surface area contributed by atoms with E-state index in [1.54, 1.807) is 0 Å². The Morgan fingerprint density at radius 1 is 1.53 bits per heavy atom. The largest absolute Gasteiger partial charge is 0.378 e. The number of rotatable bonds is 2. The van der Waals surface area contributed by atoms with Crippen molar-refractivity contribution in [3.8, 4) is 0 Å². The summed E-state index contributed by atoms with van der Waals surface area (Å²) in [5.41, 5.74) is 1.26. The minimum Gasteiger partial charge on any atom is -0.378 e. The molecule has 2 rings (SSSR count). The van der Waals surface area contributed by atoms with Gasteiger partial charge in [0, 0.05) is 25.0 Å². The van der Waals surface area contributed by atoms with E-state index in [4.69, 9.17) is 4.74 Å². The van der Waals surface area contributed by atoms with Crippen molar-refractivity contribution in [2.75, 3.05) is 19.8 Å². The molecule has 0 saturated carbocycles. The topological polar surface area (TPSA) is 25.4 Å². The number of aromatic nitrogens is 1. The van der Waals surface area contributed by atoms with Crippen LogP contribution in [0, 0.1) is 0 Å². The number of pyridine rings is 1. The zero-order valence-electron chi connectivity index (χ0n) is 9.39. The number of nitrogens with zero attached hydrogens (tertiary/aromatic N) is 2. The quantitative estimate of drug-likeness (QED) is 0.738. The van der Waals surface area contributed by atoms with Crippen LogP contribution in [0.1, 0.15) is 25.5 Å². The third-order valence-corrected chi connectivity index (χ3v) is 2.90. The highest BCUT2D eigenvalue weighted by Gasteiger charge is 2.26. The van der Waals surface area contributed by atoms with Crippen LogP contribution in [0.25, 0.3) is 0 Å². The average molecular weight is 206 g/mol. The molecule has 1 aliphatic rings. The molecule has 82 valence electrons. The first-order valence-electron chi connectivity index (χ1n) is 5.52. The van der Waals surface area contributed by atoms with Gasteiger partial charge in [0.1, 0.15) is 0 Å². The molecule has 2 heterocycles. The molecule has 1 unspecified atom stereocenters. The summed E-state index contributed by atoms with van der Waals surface area (Å²) >= 11 is 0. The third kappa shape index (κ3) is 2.36. The molecule has 0 aliphatic carbocycles. The summed E-state index contributed by atoms with van der Waals surface area (Å²) in [6.45, 7) is 7.10. The zero-order valence-corrected chi connectivity index (χ0v) is 9.39. The Bertz CT molecular complexity index is 300. The first kappa shape index (κ1) is 10.6. The van der Waals surface area contributed by atoms with Crippen LogP contribution in [-0.4, -0.2) is 35.7 Å². The van der Waals surface area contributed by atoms with Crippen LogP contribution in [0.4, 0.5) is 0 Å². The van der Waals surface area contributed by atoms with Crippen LogP contribution in [0.15, 0.2) is 24.5 Å². The summed E-state index contributed by atoms with van der Waals surface area (Å²) in [5.74, 6) is 0. The van der Waals surface area contributed by atoms with Crippen molar-refractivity contribution in [3.05, 3.63) is 30.1 Å². The highest BCUT2D eigenvalue weighted by Crippen LogP contribution is 2.25. The second-order valence-corrected chi connectivity index (χ2v) is 4.21. The molecule has 1 atom stereocenters. The normalized spacial score (nSPS) is 23.3. The van der Waals surface area contributed by atoms with Crippen LogP contribution < -0.4 is 0 Å². The number of hydrogen-bond acceptors (Lipinski definition) is 3. The molecule has 0 bridgehead atoms. The van der Waals surface area contributed by atoms with E-state index in [1.807, 2.05) is 18.5 Å². The lowest BCUT2D eigenvalue weighted by molar-refractivity contribution is -0.0234. The van der Waals surface area contributed by atoms with E-state index in [0.29, 0.717) is 12.1 Å². The molecular formula is C12H18N2O. The van der Waals surface area contributed by atoms with Crippen LogP contribution in [0.3, 0.4) is 0 Å². The van der Waals surface area contributed by atoms with Gasteiger partial charge in [-0.1, -0.05) is 6.07 Å². The molecule has 0 amide bonds. The molecule has 3 nitrogen and oxygen atoms in total. The lowest BCUT2D eigenvalue weighted by Gasteiger charge is -2.38. The van der Waals surface area contributed by atoms with Crippen molar-refractivity contribution in [1.29, 1.82) is 0 Å². The fraction of sp³-hybridized carbons (Fsp3) is 0.583. The molecule has 0 N–H and O–H groups in total. The molecular weight excluding hydrogens is 188 g/mol. The smallest absolute Gasteiger partial charge is 0.0664 e. The van der Waals surface area contributed by atoms with E-state index in [9.17, 15) is 0 Å². The van der Waals surface area contributed by atoms with Gasteiger partial charge in [-0.25, -0.2) is 0 Å². The minimum atomic E-state index is 0.368. The maximum Gasteiger partial charge on any atom is 0.0664 e. The molecule has 1 aliphatic heterocycles. The van der Waals surface area contributed by atoms with E-state index >= 15 is 0 Å². The van der Waals surface area contributed by atoms with Gasteiger partial charge in [-0.3, -0.25) is 9.88 Å². The van der Waals surface area contributed by atoms with Crippen LogP contribution >= 0.6 is 0 Å². The lowest BCUT2D eigenvalue weighted by Crippen LogP contribution is -2.43. The Balaban J connectivity index is 2.18. The number of morpholine rings is 1.